The number of aromatic nitrogens is 3. The topological polar surface area (TPSA) is 78.9 Å². The molecule has 2 rings (SSSR count). The minimum absolute atomic E-state index is 0.159. The summed E-state index contributed by atoms with van der Waals surface area (Å²) >= 11 is 0.940. The molecule has 1 aromatic heterocycles. The standard InChI is InChI=1S/C10H6F3N3O2S/c11-10(12,13)5-1-3-6(4-2-5)19-8-7(9(17)18)14-16-15-8/h1-4H,(H,17,18)(H,14,15,16). The van der Waals surface area contributed by atoms with Crippen molar-refractivity contribution in [2.45, 2.75) is 16.1 Å². The third-order valence-electron chi connectivity index (χ3n) is 2.12. The molecular formula is C10H6F3N3O2S. The molecule has 1 heterocycles. The number of H-pyrrole nitrogens is 1. The van der Waals surface area contributed by atoms with Gasteiger partial charge in [-0.1, -0.05) is 17.0 Å². The van der Waals surface area contributed by atoms with E-state index in [4.69, 9.17) is 5.11 Å². The van der Waals surface area contributed by atoms with Crippen LogP contribution in [0.3, 0.4) is 0 Å². The summed E-state index contributed by atoms with van der Waals surface area (Å²) in [6, 6.07) is 4.35. The molecule has 0 aliphatic rings. The third-order valence-corrected chi connectivity index (χ3v) is 3.12. The smallest absolute Gasteiger partial charge is 0.416 e. The van der Waals surface area contributed by atoms with Gasteiger partial charge in [0.1, 0.15) is 5.03 Å². The molecule has 0 radical (unpaired) electrons. The van der Waals surface area contributed by atoms with Crippen molar-refractivity contribution in [3.8, 4) is 0 Å². The van der Waals surface area contributed by atoms with Crippen LogP contribution in [0, 0.1) is 0 Å². The number of carboxylic acids is 1. The summed E-state index contributed by atoms with van der Waals surface area (Å²) in [5, 5.41) is 18.0. The number of halogens is 3. The minimum Gasteiger partial charge on any atom is -0.476 e. The minimum atomic E-state index is -4.40. The highest BCUT2D eigenvalue weighted by Crippen LogP contribution is 2.32. The van der Waals surface area contributed by atoms with Gasteiger partial charge in [0.05, 0.1) is 5.56 Å². The molecule has 2 N–H and O–H groups in total. The molecule has 1 aromatic carbocycles. The second-order valence-electron chi connectivity index (χ2n) is 3.42. The van der Waals surface area contributed by atoms with E-state index in [1.54, 1.807) is 0 Å². The molecule has 2 aromatic rings. The monoisotopic (exact) mass is 289 g/mol. The van der Waals surface area contributed by atoms with E-state index in [-0.39, 0.29) is 10.7 Å². The first-order chi connectivity index (χ1) is 8.88. The summed E-state index contributed by atoms with van der Waals surface area (Å²) in [7, 11) is 0. The van der Waals surface area contributed by atoms with Gasteiger partial charge < -0.3 is 5.11 Å². The quantitative estimate of drug-likeness (QED) is 0.908. The molecule has 5 nitrogen and oxygen atoms in total. The van der Waals surface area contributed by atoms with Crippen molar-refractivity contribution >= 4 is 17.7 Å². The first-order valence-electron chi connectivity index (χ1n) is 4.87. The molecule has 0 saturated carbocycles. The van der Waals surface area contributed by atoms with Crippen LogP contribution in [-0.2, 0) is 6.18 Å². The summed E-state index contributed by atoms with van der Waals surface area (Å²) in [4.78, 5) is 11.2. The first kappa shape index (κ1) is 13.4. The second kappa shape index (κ2) is 4.92. The van der Waals surface area contributed by atoms with Gasteiger partial charge in [0, 0.05) is 4.90 Å². The van der Waals surface area contributed by atoms with Crippen LogP contribution in [0.15, 0.2) is 34.2 Å². The number of aromatic amines is 1. The van der Waals surface area contributed by atoms with E-state index >= 15 is 0 Å². The SMILES string of the molecule is O=C(O)c1nn[nH]c1Sc1ccc(C(F)(F)F)cc1. The molecule has 0 spiro atoms. The van der Waals surface area contributed by atoms with Crippen LogP contribution in [0.4, 0.5) is 13.2 Å². The summed E-state index contributed by atoms with van der Waals surface area (Å²) in [6.45, 7) is 0. The highest BCUT2D eigenvalue weighted by molar-refractivity contribution is 7.99. The van der Waals surface area contributed by atoms with Gasteiger partial charge >= 0.3 is 12.1 Å². The largest absolute Gasteiger partial charge is 0.476 e. The molecule has 0 unspecified atom stereocenters. The molecule has 0 saturated heterocycles. The zero-order valence-corrected chi connectivity index (χ0v) is 9.92. The van der Waals surface area contributed by atoms with E-state index in [9.17, 15) is 18.0 Å². The zero-order chi connectivity index (χ0) is 14.0. The number of aromatic carboxylic acids is 1. The number of nitrogens with one attached hydrogen (secondary N) is 1. The fourth-order valence-corrected chi connectivity index (χ4v) is 2.08. The van der Waals surface area contributed by atoms with Crippen LogP contribution in [0.25, 0.3) is 0 Å². The number of alkyl halides is 3. The van der Waals surface area contributed by atoms with Crippen molar-refractivity contribution in [2.24, 2.45) is 0 Å². The highest BCUT2D eigenvalue weighted by Gasteiger charge is 2.30. The van der Waals surface area contributed by atoms with E-state index in [0.717, 1.165) is 23.9 Å². The lowest BCUT2D eigenvalue weighted by Crippen LogP contribution is -2.04. The van der Waals surface area contributed by atoms with Gasteiger partial charge in [-0.25, -0.2) is 4.79 Å². The summed E-state index contributed by atoms with van der Waals surface area (Å²) < 4.78 is 37.1. The van der Waals surface area contributed by atoms with E-state index < -0.39 is 17.7 Å². The van der Waals surface area contributed by atoms with E-state index in [1.165, 1.54) is 12.1 Å². The molecule has 0 amide bonds. The molecule has 0 atom stereocenters. The van der Waals surface area contributed by atoms with Crippen molar-refractivity contribution in [3.63, 3.8) is 0 Å². The van der Waals surface area contributed by atoms with Crippen molar-refractivity contribution in [3.05, 3.63) is 35.5 Å². The summed E-state index contributed by atoms with van der Waals surface area (Å²) in [6.07, 6.45) is -4.40. The highest BCUT2D eigenvalue weighted by atomic mass is 32.2. The molecule has 0 bridgehead atoms. The normalized spacial score (nSPS) is 11.5. The third kappa shape index (κ3) is 3.05. The first-order valence-corrected chi connectivity index (χ1v) is 5.69. The Balaban J connectivity index is 2.20. The van der Waals surface area contributed by atoms with Crippen molar-refractivity contribution < 1.29 is 23.1 Å². The number of hydrogen-bond donors (Lipinski definition) is 2. The number of nitrogens with zero attached hydrogens (tertiary/aromatic N) is 2. The van der Waals surface area contributed by atoms with Gasteiger partial charge in [-0.05, 0) is 24.3 Å². The Morgan fingerprint density at radius 1 is 1.26 bits per heavy atom. The van der Waals surface area contributed by atoms with Crippen molar-refractivity contribution in [2.75, 3.05) is 0 Å². The Labute approximate surface area is 108 Å². The zero-order valence-electron chi connectivity index (χ0n) is 9.10. The molecule has 9 heteroatoms. The fourth-order valence-electron chi connectivity index (χ4n) is 1.26. The van der Waals surface area contributed by atoms with Crippen LogP contribution in [0.5, 0.6) is 0 Å². The average molecular weight is 289 g/mol. The molecule has 0 aliphatic heterocycles. The molecule has 0 aliphatic carbocycles. The Bertz CT molecular complexity index is 595. The van der Waals surface area contributed by atoms with Crippen molar-refractivity contribution in [1.82, 2.24) is 15.4 Å². The Kier molecular flexibility index (Phi) is 3.47. The van der Waals surface area contributed by atoms with Gasteiger partial charge in [-0.3, -0.25) is 5.10 Å². The number of benzene rings is 1. The van der Waals surface area contributed by atoms with Crippen LogP contribution in [0.1, 0.15) is 16.1 Å². The van der Waals surface area contributed by atoms with Crippen LogP contribution in [0.2, 0.25) is 0 Å². The van der Waals surface area contributed by atoms with Crippen LogP contribution >= 0.6 is 11.8 Å². The fraction of sp³-hybridized carbons (Fsp3) is 0.100. The summed E-state index contributed by atoms with van der Waals surface area (Å²) in [5.74, 6) is -1.26. The number of hydrogen-bond acceptors (Lipinski definition) is 4. The van der Waals surface area contributed by atoms with Gasteiger partial charge in [-0.2, -0.15) is 13.2 Å². The predicted molar refractivity (Wildman–Crippen MR) is 58.9 cm³/mol. The molecular weight excluding hydrogens is 283 g/mol. The van der Waals surface area contributed by atoms with E-state index in [1.807, 2.05) is 0 Å². The van der Waals surface area contributed by atoms with Gasteiger partial charge in [0.25, 0.3) is 0 Å². The van der Waals surface area contributed by atoms with Gasteiger partial charge in [0.15, 0.2) is 0 Å². The number of carboxylic acid groups (broad SMARTS) is 1. The maximum Gasteiger partial charge on any atom is 0.416 e. The summed E-state index contributed by atoms with van der Waals surface area (Å²) in [5.41, 5.74) is -1.04. The average Bonchev–Trinajstić information content (AvgIpc) is 2.77. The van der Waals surface area contributed by atoms with E-state index in [2.05, 4.69) is 15.4 Å². The maximum absolute atomic E-state index is 12.4. The maximum atomic E-state index is 12.4. The Morgan fingerprint density at radius 2 is 1.89 bits per heavy atom. The van der Waals surface area contributed by atoms with Gasteiger partial charge in [-0.15, -0.1) is 5.10 Å². The lowest BCUT2D eigenvalue weighted by atomic mass is 10.2. The van der Waals surface area contributed by atoms with Crippen molar-refractivity contribution in [1.29, 1.82) is 0 Å². The molecule has 0 fully saturated rings. The number of rotatable bonds is 3. The molecule has 19 heavy (non-hydrogen) atoms. The predicted octanol–water partition coefficient (Wildman–Crippen LogP) is 2.67. The van der Waals surface area contributed by atoms with Crippen LogP contribution < -0.4 is 0 Å². The Morgan fingerprint density at radius 3 is 2.42 bits per heavy atom. The molecule has 100 valence electrons. The van der Waals surface area contributed by atoms with E-state index in [0.29, 0.717) is 4.90 Å². The lowest BCUT2D eigenvalue weighted by Gasteiger charge is -2.06. The lowest BCUT2D eigenvalue weighted by molar-refractivity contribution is -0.137. The number of carbonyl (C=O) groups is 1. The second-order valence-corrected chi connectivity index (χ2v) is 4.50. The Hall–Kier alpha value is -2.03. The van der Waals surface area contributed by atoms with Crippen LogP contribution in [-0.4, -0.2) is 26.5 Å². The van der Waals surface area contributed by atoms with Gasteiger partial charge in [0.2, 0.25) is 5.69 Å².